The van der Waals surface area contributed by atoms with Crippen LogP contribution in [-0.2, 0) is 17.7 Å². The molecule has 1 saturated heterocycles. The van der Waals surface area contributed by atoms with Crippen molar-refractivity contribution in [2.24, 2.45) is 0 Å². The number of hydrogen-bond acceptors (Lipinski definition) is 7. The van der Waals surface area contributed by atoms with Crippen LogP contribution in [0.5, 0.6) is 0 Å². The van der Waals surface area contributed by atoms with Crippen molar-refractivity contribution in [1.82, 2.24) is 25.9 Å². The zero-order valence-corrected chi connectivity index (χ0v) is 29.7. The quantitative estimate of drug-likeness (QED) is 0.165. The molecule has 4 aromatic rings. The number of nitrogens with one attached hydrogen (secondary N) is 3. The van der Waals surface area contributed by atoms with Crippen LogP contribution < -0.4 is 25.8 Å². The second kappa shape index (κ2) is 14.9. The lowest BCUT2D eigenvalue weighted by atomic mass is 9.97. The van der Waals surface area contributed by atoms with E-state index in [1.54, 1.807) is 32.9 Å². The second-order valence-corrected chi connectivity index (χ2v) is 14.0. The van der Waals surface area contributed by atoms with Gasteiger partial charge in [0.05, 0.1) is 12.2 Å². The number of carbonyl (C=O) groups is 2. The molecule has 3 N–H and O–H groups in total. The number of amides is 3. The van der Waals surface area contributed by atoms with E-state index in [1.807, 2.05) is 30.0 Å². The van der Waals surface area contributed by atoms with Crippen molar-refractivity contribution in [3.05, 3.63) is 107 Å². The van der Waals surface area contributed by atoms with Crippen molar-refractivity contribution in [3.8, 4) is 11.3 Å². The van der Waals surface area contributed by atoms with E-state index in [9.17, 15) is 14.0 Å². The Morgan fingerprint density at radius 2 is 1.71 bits per heavy atom. The van der Waals surface area contributed by atoms with Gasteiger partial charge in [-0.3, -0.25) is 0 Å². The average molecular weight is 714 g/mol. The Bertz CT molecular complexity index is 1970. The highest BCUT2D eigenvalue weighted by Gasteiger charge is 2.35. The lowest BCUT2D eigenvalue weighted by molar-refractivity contribution is 0.0497. The first-order valence-corrected chi connectivity index (χ1v) is 17.2. The maximum Gasteiger partial charge on any atom is 0.407 e. The maximum atomic E-state index is 15.3. The molecule has 0 spiro atoms. The van der Waals surface area contributed by atoms with Gasteiger partial charge in [-0.25, -0.2) is 32.6 Å². The zero-order chi connectivity index (χ0) is 37.2. The van der Waals surface area contributed by atoms with E-state index in [2.05, 4.69) is 22.5 Å². The minimum absolute atomic E-state index is 0.0266. The standard InChI is InChI=1S/C39H42F3N7O3/c1-23-9-12-26(24(2)43-18-15-25-10-13-27(40)14-11-25)21-29(23)33-30-22-44-37(50)49(34-31(41)7-6-8-32(34)42)35(30)47-36(46-33)48-19-16-28(17-20-48)45-38(51)52-39(3,4)5/h6-14,21,28,43H,2,15-20,22H2,1,3-5H3,(H,44,50)(H,45,51). The average Bonchev–Trinajstić information content (AvgIpc) is 3.09. The van der Waals surface area contributed by atoms with E-state index >= 15 is 8.78 Å². The van der Waals surface area contributed by atoms with Crippen molar-refractivity contribution in [1.29, 1.82) is 0 Å². The van der Waals surface area contributed by atoms with Gasteiger partial charge in [-0.15, -0.1) is 0 Å². The first-order chi connectivity index (χ1) is 24.8. The Balaban J connectivity index is 1.34. The molecule has 0 aliphatic carbocycles. The monoisotopic (exact) mass is 713 g/mol. The summed E-state index contributed by atoms with van der Waals surface area (Å²) >= 11 is 0. The van der Waals surface area contributed by atoms with Gasteiger partial charge in [0.1, 0.15) is 28.7 Å². The summed E-state index contributed by atoms with van der Waals surface area (Å²) in [5.74, 6) is -1.77. The van der Waals surface area contributed by atoms with E-state index in [4.69, 9.17) is 14.7 Å². The minimum Gasteiger partial charge on any atom is -0.444 e. The van der Waals surface area contributed by atoms with E-state index < -0.39 is 35.0 Å². The Hall–Kier alpha value is -5.59. The largest absolute Gasteiger partial charge is 0.444 e. The van der Waals surface area contributed by atoms with Gasteiger partial charge < -0.3 is 25.6 Å². The molecule has 272 valence electrons. The third-order valence-electron chi connectivity index (χ3n) is 8.97. The van der Waals surface area contributed by atoms with Crippen molar-refractivity contribution in [2.75, 3.05) is 29.4 Å². The van der Waals surface area contributed by atoms with E-state index in [0.29, 0.717) is 55.9 Å². The number of aryl methyl sites for hydroxylation is 1. The number of alkyl carbamates (subject to hydrolysis) is 1. The summed E-state index contributed by atoms with van der Waals surface area (Å²) in [5.41, 5.74) is 3.84. The highest BCUT2D eigenvalue weighted by atomic mass is 19.1. The Kier molecular flexibility index (Phi) is 10.4. The third-order valence-corrected chi connectivity index (χ3v) is 8.97. The van der Waals surface area contributed by atoms with Crippen LogP contribution in [0.15, 0.2) is 67.2 Å². The number of carbonyl (C=O) groups excluding carboxylic acids is 2. The van der Waals surface area contributed by atoms with Crippen LogP contribution in [0, 0.1) is 24.4 Å². The zero-order valence-electron chi connectivity index (χ0n) is 29.7. The first-order valence-electron chi connectivity index (χ1n) is 17.2. The predicted octanol–water partition coefficient (Wildman–Crippen LogP) is 7.53. The predicted molar refractivity (Wildman–Crippen MR) is 195 cm³/mol. The summed E-state index contributed by atoms with van der Waals surface area (Å²) in [6.07, 6.45) is 1.30. The van der Waals surface area contributed by atoms with Crippen molar-refractivity contribution in [3.63, 3.8) is 0 Å². The number of rotatable bonds is 9. The molecular formula is C39H42F3N7O3. The van der Waals surface area contributed by atoms with Gasteiger partial charge in [0.15, 0.2) is 5.82 Å². The van der Waals surface area contributed by atoms with E-state index in [1.165, 1.54) is 18.2 Å². The lowest BCUT2D eigenvalue weighted by Gasteiger charge is -2.35. The summed E-state index contributed by atoms with van der Waals surface area (Å²) in [7, 11) is 0. The van der Waals surface area contributed by atoms with Gasteiger partial charge in [-0.05, 0) is 94.0 Å². The SMILES string of the molecule is C=C(NCCc1ccc(F)cc1)c1ccc(C)c(-c2nc(N3CCC(NC(=O)OC(C)(C)C)CC3)nc3c2CNC(=O)N3c2c(F)cccc2F)c1. The molecule has 3 amide bonds. The van der Waals surface area contributed by atoms with Crippen LogP contribution in [0.1, 0.15) is 55.9 Å². The second-order valence-electron chi connectivity index (χ2n) is 14.0. The molecule has 10 nitrogen and oxygen atoms in total. The van der Waals surface area contributed by atoms with Gasteiger partial charge in [0, 0.05) is 42.5 Å². The summed E-state index contributed by atoms with van der Waals surface area (Å²) in [4.78, 5) is 38.5. The van der Waals surface area contributed by atoms with Crippen LogP contribution in [-0.4, -0.2) is 53.4 Å². The molecule has 0 saturated carbocycles. The summed E-state index contributed by atoms with van der Waals surface area (Å²) in [6, 6.07) is 14.7. The van der Waals surface area contributed by atoms with Gasteiger partial charge in [0.25, 0.3) is 0 Å². The molecule has 0 atom stereocenters. The third kappa shape index (κ3) is 8.14. The van der Waals surface area contributed by atoms with Crippen molar-refractivity contribution in [2.45, 2.75) is 65.1 Å². The molecule has 0 bridgehead atoms. The maximum absolute atomic E-state index is 15.3. The molecule has 0 radical (unpaired) electrons. The number of nitrogens with zero attached hydrogens (tertiary/aromatic N) is 4. The molecule has 2 aliphatic rings. The molecule has 3 aromatic carbocycles. The highest BCUT2D eigenvalue weighted by molar-refractivity contribution is 6.02. The molecule has 13 heteroatoms. The number of urea groups is 1. The Morgan fingerprint density at radius 3 is 2.38 bits per heavy atom. The lowest BCUT2D eigenvalue weighted by Crippen LogP contribution is -2.47. The van der Waals surface area contributed by atoms with Crippen molar-refractivity contribution < 1.29 is 27.5 Å². The first kappa shape index (κ1) is 36.2. The molecule has 6 rings (SSSR count). The van der Waals surface area contributed by atoms with Crippen LogP contribution in [0.4, 0.5) is 40.2 Å². The van der Waals surface area contributed by atoms with Gasteiger partial charge in [-0.2, -0.15) is 4.98 Å². The summed E-state index contributed by atoms with van der Waals surface area (Å²) < 4.78 is 49.3. The van der Waals surface area contributed by atoms with E-state index in [0.717, 1.165) is 39.3 Å². The number of fused-ring (bicyclic) bond motifs is 1. The van der Waals surface area contributed by atoms with Crippen LogP contribution >= 0.6 is 0 Å². The fraction of sp³-hybridized carbons (Fsp3) is 0.333. The minimum atomic E-state index is -0.917. The number of benzene rings is 3. The number of hydrogen-bond donors (Lipinski definition) is 3. The van der Waals surface area contributed by atoms with Crippen LogP contribution in [0.25, 0.3) is 17.0 Å². The van der Waals surface area contributed by atoms with E-state index in [-0.39, 0.29) is 30.2 Å². The summed E-state index contributed by atoms with van der Waals surface area (Å²) in [5, 5.41) is 9.02. The molecule has 2 aliphatic heterocycles. The topological polar surface area (TPSA) is 112 Å². The molecule has 0 unspecified atom stereocenters. The number of anilines is 3. The fourth-order valence-corrected chi connectivity index (χ4v) is 6.30. The number of para-hydroxylation sites is 1. The smallest absolute Gasteiger partial charge is 0.407 e. The van der Waals surface area contributed by atoms with Crippen LogP contribution in [0.2, 0.25) is 0 Å². The Labute approximate surface area is 301 Å². The van der Waals surface area contributed by atoms with Crippen LogP contribution in [0.3, 0.4) is 0 Å². The van der Waals surface area contributed by atoms with Crippen molar-refractivity contribution >= 4 is 35.3 Å². The van der Waals surface area contributed by atoms with Gasteiger partial charge in [-0.1, -0.05) is 36.9 Å². The molecular weight excluding hydrogens is 671 g/mol. The number of ether oxygens (including phenoxy) is 1. The fourth-order valence-electron chi connectivity index (χ4n) is 6.30. The van der Waals surface area contributed by atoms with Gasteiger partial charge in [0.2, 0.25) is 5.95 Å². The molecule has 52 heavy (non-hydrogen) atoms. The Morgan fingerprint density at radius 1 is 1.02 bits per heavy atom. The molecule has 1 fully saturated rings. The number of halogens is 3. The summed E-state index contributed by atoms with van der Waals surface area (Å²) in [6.45, 7) is 13.1. The van der Waals surface area contributed by atoms with Gasteiger partial charge >= 0.3 is 12.1 Å². The molecule has 1 aromatic heterocycles. The number of aromatic nitrogens is 2. The normalized spacial score (nSPS) is 14.8. The number of piperidine rings is 1. The molecule has 3 heterocycles. The highest BCUT2D eigenvalue weighted by Crippen LogP contribution is 2.40.